The predicted octanol–water partition coefficient (Wildman–Crippen LogP) is 5.34. The Hall–Kier alpha value is -2.54. The minimum absolute atomic E-state index is 0.906. The van der Waals surface area contributed by atoms with Gasteiger partial charge in [-0.05, 0) is 35.7 Å². The first-order valence-electron chi connectivity index (χ1n) is 7.09. The zero-order valence-electron chi connectivity index (χ0n) is 12.3. The SMILES string of the molecule is COc1ccc(C)cc1-c1ccccc1-c1ccccc1. The fourth-order valence-corrected chi connectivity index (χ4v) is 2.62. The van der Waals surface area contributed by atoms with Crippen molar-refractivity contribution in [1.82, 2.24) is 0 Å². The summed E-state index contributed by atoms with van der Waals surface area (Å²) in [5.74, 6) is 0.906. The summed E-state index contributed by atoms with van der Waals surface area (Å²) in [6.07, 6.45) is 0. The van der Waals surface area contributed by atoms with E-state index in [9.17, 15) is 0 Å². The van der Waals surface area contributed by atoms with Crippen molar-refractivity contribution < 1.29 is 4.74 Å². The molecule has 1 heteroatoms. The molecule has 0 bridgehead atoms. The Balaban J connectivity index is 2.23. The highest BCUT2D eigenvalue weighted by molar-refractivity contribution is 5.86. The zero-order chi connectivity index (χ0) is 14.7. The van der Waals surface area contributed by atoms with Gasteiger partial charge in [-0.2, -0.15) is 0 Å². The second-order valence-electron chi connectivity index (χ2n) is 5.12. The van der Waals surface area contributed by atoms with Crippen molar-refractivity contribution >= 4 is 0 Å². The average molecular weight is 274 g/mol. The van der Waals surface area contributed by atoms with Crippen LogP contribution in [-0.4, -0.2) is 7.11 Å². The molecule has 0 aliphatic heterocycles. The summed E-state index contributed by atoms with van der Waals surface area (Å²) in [4.78, 5) is 0. The smallest absolute Gasteiger partial charge is 0.126 e. The molecule has 21 heavy (non-hydrogen) atoms. The summed E-state index contributed by atoms with van der Waals surface area (Å²) in [5.41, 5.74) is 6.01. The Bertz CT molecular complexity index is 745. The van der Waals surface area contributed by atoms with Crippen molar-refractivity contribution in [2.24, 2.45) is 0 Å². The molecule has 1 nitrogen and oxygen atoms in total. The van der Waals surface area contributed by atoms with Crippen LogP contribution in [0.15, 0.2) is 72.8 Å². The quantitative estimate of drug-likeness (QED) is 0.626. The number of hydrogen-bond donors (Lipinski definition) is 0. The lowest BCUT2D eigenvalue weighted by molar-refractivity contribution is 0.416. The van der Waals surface area contributed by atoms with Crippen molar-refractivity contribution in [1.29, 1.82) is 0 Å². The van der Waals surface area contributed by atoms with Crippen molar-refractivity contribution in [3.8, 4) is 28.0 Å². The molecule has 0 amide bonds. The summed E-state index contributed by atoms with van der Waals surface area (Å²) in [6.45, 7) is 2.11. The van der Waals surface area contributed by atoms with E-state index in [0.29, 0.717) is 0 Å². The third-order valence-corrected chi connectivity index (χ3v) is 3.66. The summed E-state index contributed by atoms with van der Waals surface area (Å²) in [5, 5.41) is 0. The lowest BCUT2D eigenvalue weighted by Gasteiger charge is -2.14. The van der Waals surface area contributed by atoms with Crippen molar-refractivity contribution in [3.05, 3.63) is 78.4 Å². The van der Waals surface area contributed by atoms with Crippen LogP contribution in [0.25, 0.3) is 22.3 Å². The minimum atomic E-state index is 0.906. The maximum atomic E-state index is 5.55. The second-order valence-corrected chi connectivity index (χ2v) is 5.12. The van der Waals surface area contributed by atoms with Gasteiger partial charge in [0.05, 0.1) is 7.11 Å². The van der Waals surface area contributed by atoms with Crippen LogP contribution in [0.1, 0.15) is 5.56 Å². The Kier molecular flexibility index (Phi) is 3.74. The molecule has 0 fully saturated rings. The predicted molar refractivity (Wildman–Crippen MR) is 88.6 cm³/mol. The van der Waals surface area contributed by atoms with Crippen LogP contribution in [0.5, 0.6) is 5.75 Å². The molecule has 0 aliphatic rings. The summed E-state index contributed by atoms with van der Waals surface area (Å²) < 4.78 is 5.55. The molecule has 0 saturated heterocycles. The lowest BCUT2D eigenvalue weighted by Crippen LogP contribution is -1.91. The molecule has 0 atom stereocenters. The summed E-state index contributed by atoms with van der Waals surface area (Å²) >= 11 is 0. The largest absolute Gasteiger partial charge is 0.496 e. The molecule has 3 aromatic rings. The molecular weight excluding hydrogens is 256 g/mol. The van der Waals surface area contributed by atoms with Gasteiger partial charge < -0.3 is 4.74 Å². The topological polar surface area (TPSA) is 9.23 Å². The number of methoxy groups -OCH3 is 1. The van der Waals surface area contributed by atoms with E-state index in [1.165, 1.54) is 22.3 Å². The molecular formula is C20H18O. The molecule has 3 rings (SSSR count). The summed E-state index contributed by atoms with van der Waals surface area (Å²) in [7, 11) is 1.72. The molecule has 0 radical (unpaired) electrons. The van der Waals surface area contributed by atoms with Crippen LogP contribution in [0.3, 0.4) is 0 Å². The molecule has 104 valence electrons. The van der Waals surface area contributed by atoms with Gasteiger partial charge in [0.2, 0.25) is 0 Å². The molecule has 0 spiro atoms. The molecule has 0 aliphatic carbocycles. The van der Waals surface area contributed by atoms with E-state index in [1.807, 2.05) is 12.1 Å². The highest BCUT2D eigenvalue weighted by atomic mass is 16.5. The van der Waals surface area contributed by atoms with Crippen molar-refractivity contribution in [2.75, 3.05) is 7.11 Å². The van der Waals surface area contributed by atoms with Gasteiger partial charge in [0.1, 0.15) is 5.75 Å². The Morgan fingerprint density at radius 3 is 2.05 bits per heavy atom. The fraction of sp³-hybridized carbons (Fsp3) is 0.100. The number of rotatable bonds is 3. The Labute approximate surface area is 125 Å². The van der Waals surface area contributed by atoms with Crippen LogP contribution < -0.4 is 4.74 Å². The van der Waals surface area contributed by atoms with E-state index in [1.54, 1.807) is 7.11 Å². The zero-order valence-corrected chi connectivity index (χ0v) is 12.3. The van der Waals surface area contributed by atoms with Gasteiger partial charge >= 0.3 is 0 Å². The first-order valence-corrected chi connectivity index (χ1v) is 7.09. The van der Waals surface area contributed by atoms with E-state index >= 15 is 0 Å². The van der Waals surface area contributed by atoms with Gasteiger partial charge in [-0.25, -0.2) is 0 Å². The van der Waals surface area contributed by atoms with Gasteiger partial charge in [0.25, 0.3) is 0 Å². The molecule has 0 aromatic heterocycles. The number of aryl methyl sites for hydroxylation is 1. The van der Waals surface area contributed by atoms with Gasteiger partial charge in [-0.15, -0.1) is 0 Å². The Morgan fingerprint density at radius 1 is 0.667 bits per heavy atom. The highest BCUT2D eigenvalue weighted by Gasteiger charge is 2.11. The van der Waals surface area contributed by atoms with E-state index in [0.717, 1.165) is 11.3 Å². The second kappa shape index (κ2) is 5.84. The van der Waals surface area contributed by atoms with Gasteiger partial charge in [-0.1, -0.05) is 66.2 Å². The van der Waals surface area contributed by atoms with E-state index in [-0.39, 0.29) is 0 Å². The van der Waals surface area contributed by atoms with Gasteiger partial charge in [-0.3, -0.25) is 0 Å². The third-order valence-electron chi connectivity index (χ3n) is 3.66. The standard InChI is InChI=1S/C20H18O/c1-15-12-13-20(21-2)19(14-15)18-11-7-6-10-17(18)16-8-4-3-5-9-16/h3-14H,1-2H3. The van der Waals surface area contributed by atoms with Crippen molar-refractivity contribution in [3.63, 3.8) is 0 Å². The first-order chi connectivity index (χ1) is 10.3. The van der Waals surface area contributed by atoms with Crippen LogP contribution in [0.4, 0.5) is 0 Å². The van der Waals surface area contributed by atoms with Crippen LogP contribution in [0.2, 0.25) is 0 Å². The highest BCUT2D eigenvalue weighted by Crippen LogP contribution is 2.37. The Morgan fingerprint density at radius 2 is 1.33 bits per heavy atom. The first kappa shape index (κ1) is 13.4. The minimum Gasteiger partial charge on any atom is -0.496 e. The van der Waals surface area contributed by atoms with Crippen LogP contribution in [-0.2, 0) is 0 Å². The average Bonchev–Trinajstić information content (AvgIpc) is 2.55. The van der Waals surface area contributed by atoms with E-state index in [2.05, 4.69) is 67.6 Å². The molecule has 3 aromatic carbocycles. The maximum Gasteiger partial charge on any atom is 0.126 e. The molecule has 0 N–H and O–H groups in total. The number of ether oxygens (including phenoxy) is 1. The number of hydrogen-bond acceptors (Lipinski definition) is 1. The van der Waals surface area contributed by atoms with E-state index in [4.69, 9.17) is 4.74 Å². The van der Waals surface area contributed by atoms with E-state index < -0.39 is 0 Å². The number of benzene rings is 3. The van der Waals surface area contributed by atoms with Crippen LogP contribution >= 0.6 is 0 Å². The molecule has 0 saturated carbocycles. The van der Waals surface area contributed by atoms with Crippen LogP contribution in [0, 0.1) is 6.92 Å². The monoisotopic (exact) mass is 274 g/mol. The van der Waals surface area contributed by atoms with Crippen molar-refractivity contribution in [2.45, 2.75) is 6.92 Å². The normalized spacial score (nSPS) is 10.4. The summed E-state index contributed by atoms with van der Waals surface area (Å²) in [6, 6.07) is 25.2. The lowest BCUT2D eigenvalue weighted by atomic mass is 9.93. The van der Waals surface area contributed by atoms with Gasteiger partial charge in [0.15, 0.2) is 0 Å². The van der Waals surface area contributed by atoms with Gasteiger partial charge in [0, 0.05) is 5.56 Å². The molecule has 0 unspecified atom stereocenters. The molecule has 0 heterocycles. The maximum absolute atomic E-state index is 5.55. The third kappa shape index (κ3) is 2.68. The fourth-order valence-electron chi connectivity index (χ4n) is 2.62.